The van der Waals surface area contributed by atoms with Crippen LogP contribution in [0, 0.1) is 0 Å². The monoisotopic (exact) mass is 528 g/mol. The first kappa shape index (κ1) is 25.9. The molecule has 1 aliphatic heterocycles. The number of likely N-dealkylation sites (N-methyl/N-ethyl adjacent to an activating group) is 1. The van der Waals surface area contributed by atoms with Crippen molar-refractivity contribution in [2.45, 2.75) is 44.4 Å². The average Bonchev–Trinajstić information content (AvgIpc) is 3.16. The standard InChI is InChI=1S/C30H32N4O3S/c1-5-24-18-28(26-11-6-8-12-27(26)31-24)37-20-22-14-16-23(17-15-22)25-10-7-9-13-29(25)38(35,36)33-30(3)19-21(2)32-34(30)4/h6-19,32-33H,5,20H2,1-4H3. The summed E-state index contributed by atoms with van der Waals surface area (Å²) in [6, 6.07) is 24.8. The number of hydrogen-bond donors (Lipinski definition) is 2. The zero-order chi connectivity index (χ0) is 26.9. The van der Waals surface area contributed by atoms with E-state index in [1.54, 1.807) is 24.2 Å². The van der Waals surface area contributed by atoms with Gasteiger partial charge in [-0.05, 0) is 55.7 Å². The summed E-state index contributed by atoms with van der Waals surface area (Å²) in [6.07, 6.45) is 2.69. The Bertz CT molecular complexity index is 1620. The predicted octanol–water partition coefficient (Wildman–Crippen LogP) is 5.39. The van der Waals surface area contributed by atoms with Crippen LogP contribution in [-0.2, 0) is 23.1 Å². The predicted molar refractivity (Wildman–Crippen MR) is 151 cm³/mol. The minimum atomic E-state index is -3.83. The minimum Gasteiger partial charge on any atom is -0.488 e. The molecule has 0 radical (unpaired) electrons. The van der Waals surface area contributed by atoms with Gasteiger partial charge < -0.3 is 10.2 Å². The van der Waals surface area contributed by atoms with Crippen LogP contribution in [0.1, 0.15) is 32.0 Å². The largest absolute Gasteiger partial charge is 0.488 e. The Balaban J connectivity index is 1.38. The normalized spacial score (nSPS) is 17.8. The SMILES string of the molecule is CCc1cc(OCc2ccc(-c3ccccc3S(=O)(=O)NC3(C)C=C(C)NN3C)cc2)c2ccccc2n1. The maximum Gasteiger partial charge on any atom is 0.243 e. The number of nitrogens with zero attached hydrogens (tertiary/aromatic N) is 2. The Kier molecular flexibility index (Phi) is 6.96. The smallest absolute Gasteiger partial charge is 0.243 e. The van der Waals surface area contributed by atoms with Crippen LogP contribution < -0.4 is 14.9 Å². The number of para-hydroxylation sites is 1. The number of aromatic nitrogens is 1. The first-order chi connectivity index (χ1) is 18.2. The van der Waals surface area contributed by atoms with Crippen LogP contribution in [0.5, 0.6) is 5.75 Å². The number of sulfonamides is 1. The second-order valence-corrected chi connectivity index (χ2v) is 11.4. The van der Waals surface area contributed by atoms with Gasteiger partial charge in [-0.25, -0.2) is 13.4 Å². The van der Waals surface area contributed by atoms with Crippen molar-refractivity contribution in [3.8, 4) is 16.9 Å². The number of fused-ring (bicyclic) bond motifs is 1. The van der Waals surface area contributed by atoms with E-state index in [0.717, 1.165) is 45.6 Å². The van der Waals surface area contributed by atoms with Gasteiger partial charge in [-0.2, -0.15) is 4.72 Å². The molecule has 0 amide bonds. The summed E-state index contributed by atoms with van der Waals surface area (Å²) in [5.74, 6) is 0.809. The van der Waals surface area contributed by atoms with Crippen molar-refractivity contribution in [3.63, 3.8) is 0 Å². The number of aryl methyl sites for hydroxylation is 1. The number of ether oxygens (including phenoxy) is 1. The molecule has 1 unspecified atom stereocenters. The third-order valence-corrected chi connectivity index (χ3v) is 8.43. The molecule has 2 N–H and O–H groups in total. The van der Waals surface area contributed by atoms with E-state index < -0.39 is 15.7 Å². The van der Waals surface area contributed by atoms with Gasteiger partial charge in [-0.1, -0.05) is 61.5 Å². The lowest BCUT2D eigenvalue weighted by Crippen LogP contribution is -2.56. The molecule has 4 aromatic rings. The molecule has 0 bridgehead atoms. The summed E-state index contributed by atoms with van der Waals surface area (Å²) in [6.45, 7) is 6.19. The quantitative estimate of drug-likeness (QED) is 0.319. The Labute approximate surface area is 224 Å². The fourth-order valence-corrected chi connectivity index (χ4v) is 6.32. The fraction of sp³-hybridized carbons (Fsp3) is 0.233. The molecule has 1 atom stereocenters. The summed E-state index contributed by atoms with van der Waals surface area (Å²) < 4.78 is 36.1. The van der Waals surface area contributed by atoms with Gasteiger partial charge >= 0.3 is 0 Å². The van der Waals surface area contributed by atoms with Gasteiger partial charge in [-0.3, -0.25) is 4.98 Å². The van der Waals surface area contributed by atoms with Gasteiger partial charge in [0, 0.05) is 35.5 Å². The van der Waals surface area contributed by atoms with Crippen LogP contribution in [0.15, 0.2) is 95.5 Å². The lowest BCUT2D eigenvalue weighted by Gasteiger charge is -2.31. The second kappa shape index (κ2) is 10.2. The van der Waals surface area contributed by atoms with Gasteiger partial charge in [-0.15, -0.1) is 0 Å². The van der Waals surface area contributed by atoms with Crippen molar-refractivity contribution in [1.29, 1.82) is 0 Å². The molecule has 196 valence electrons. The third-order valence-electron chi connectivity index (χ3n) is 6.81. The number of pyridine rings is 1. The van der Waals surface area contributed by atoms with Crippen molar-refractivity contribution >= 4 is 20.9 Å². The highest BCUT2D eigenvalue weighted by molar-refractivity contribution is 7.89. The molecule has 2 heterocycles. The average molecular weight is 529 g/mol. The number of rotatable bonds is 8. The summed E-state index contributed by atoms with van der Waals surface area (Å²) in [5.41, 5.74) is 7.47. The molecule has 0 spiro atoms. The van der Waals surface area contributed by atoms with Gasteiger partial charge in [0.1, 0.15) is 18.0 Å². The summed E-state index contributed by atoms with van der Waals surface area (Å²) in [7, 11) is -2.02. The van der Waals surface area contributed by atoms with Crippen molar-refractivity contribution in [1.82, 2.24) is 20.1 Å². The van der Waals surface area contributed by atoms with E-state index in [1.165, 1.54) is 0 Å². The highest BCUT2D eigenvalue weighted by atomic mass is 32.2. The van der Waals surface area contributed by atoms with Gasteiger partial charge in [0.2, 0.25) is 10.0 Å². The molecule has 0 saturated carbocycles. The molecule has 0 saturated heterocycles. The zero-order valence-electron chi connectivity index (χ0n) is 22.0. The highest BCUT2D eigenvalue weighted by Gasteiger charge is 2.37. The van der Waals surface area contributed by atoms with Crippen LogP contribution in [0.3, 0.4) is 0 Å². The first-order valence-corrected chi connectivity index (χ1v) is 14.1. The number of hydrogen-bond acceptors (Lipinski definition) is 6. The van der Waals surface area contributed by atoms with Crippen molar-refractivity contribution in [2.24, 2.45) is 0 Å². The van der Waals surface area contributed by atoms with Crippen LogP contribution in [0.2, 0.25) is 0 Å². The number of nitrogens with one attached hydrogen (secondary N) is 2. The molecule has 38 heavy (non-hydrogen) atoms. The van der Waals surface area contributed by atoms with E-state index >= 15 is 0 Å². The van der Waals surface area contributed by atoms with E-state index in [1.807, 2.05) is 86.7 Å². The Morgan fingerprint density at radius 3 is 2.45 bits per heavy atom. The van der Waals surface area contributed by atoms with Crippen molar-refractivity contribution < 1.29 is 13.2 Å². The van der Waals surface area contributed by atoms with Gasteiger partial charge in [0.25, 0.3) is 0 Å². The van der Waals surface area contributed by atoms with Crippen LogP contribution in [0.4, 0.5) is 0 Å². The van der Waals surface area contributed by atoms with E-state index in [9.17, 15) is 8.42 Å². The number of benzene rings is 3. The molecular weight excluding hydrogens is 496 g/mol. The Morgan fingerprint density at radius 1 is 1.03 bits per heavy atom. The van der Waals surface area contributed by atoms with E-state index in [0.29, 0.717) is 12.2 Å². The second-order valence-electron chi connectivity index (χ2n) is 9.72. The zero-order valence-corrected chi connectivity index (χ0v) is 22.8. The summed E-state index contributed by atoms with van der Waals surface area (Å²) in [5, 5.41) is 2.72. The lowest BCUT2D eigenvalue weighted by molar-refractivity contribution is 0.151. The topological polar surface area (TPSA) is 83.6 Å². The van der Waals surface area contributed by atoms with Crippen LogP contribution >= 0.6 is 0 Å². The molecule has 5 rings (SSSR count). The molecule has 3 aromatic carbocycles. The lowest BCUT2D eigenvalue weighted by atomic mass is 10.0. The summed E-state index contributed by atoms with van der Waals surface area (Å²) >= 11 is 0. The van der Waals surface area contributed by atoms with E-state index in [2.05, 4.69) is 22.1 Å². The molecule has 1 aliphatic rings. The maximum atomic E-state index is 13.5. The Hall–Kier alpha value is -3.72. The summed E-state index contributed by atoms with van der Waals surface area (Å²) in [4.78, 5) is 4.91. The van der Waals surface area contributed by atoms with Gasteiger partial charge in [0.15, 0.2) is 0 Å². The van der Waals surface area contributed by atoms with E-state index in [4.69, 9.17) is 4.74 Å². The van der Waals surface area contributed by atoms with Crippen molar-refractivity contribution in [2.75, 3.05) is 7.05 Å². The fourth-order valence-electron chi connectivity index (χ4n) is 4.73. The van der Waals surface area contributed by atoms with Gasteiger partial charge in [0.05, 0.1) is 10.4 Å². The molecular formula is C30H32N4O3S. The third kappa shape index (κ3) is 5.15. The Morgan fingerprint density at radius 2 is 1.74 bits per heavy atom. The van der Waals surface area contributed by atoms with Crippen molar-refractivity contribution in [3.05, 3.63) is 102 Å². The van der Waals surface area contributed by atoms with Crippen LogP contribution in [-0.4, -0.2) is 31.1 Å². The van der Waals surface area contributed by atoms with E-state index in [-0.39, 0.29) is 4.90 Å². The molecule has 0 aliphatic carbocycles. The molecule has 8 heteroatoms. The molecule has 0 fully saturated rings. The molecule has 1 aromatic heterocycles. The number of allylic oxidation sites excluding steroid dienone is 1. The first-order valence-electron chi connectivity index (χ1n) is 12.6. The minimum absolute atomic E-state index is 0.229. The molecule has 7 nitrogen and oxygen atoms in total. The number of hydrazine groups is 1. The highest BCUT2D eigenvalue weighted by Crippen LogP contribution is 2.31. The van der Waals surface area contributed by atoms with Crippen LogP contribution in [0.25, 0.3) is 22.0 Å². The maximum absolute atomic E-state index is 13.5.